The van der Waals surface area contributed by atoms with Crippen molar-refractivity contribution in [1.82, 2.24) is 14.9 Å². The number of carboxylic acid groups (broad SMARTS) is 1. The maximum absolute atomic E-state index is 15.4. The van der Waals surface area contributed by atoms with E-state index in [2.05, 4.69) is 16.0 Å². The predicted octanol–water partition coefficient (Wildman–Crippen LogP) is 4.88. The van der Waals surface area contributed by atoms with Gasteiger partial charge in [0.25, 0.3) is 0 Å². The maximum Gasteiger partial charge on any atom is 0.405 e. The van der Waals surface area contributed by atoms with E-state index in [-0.39, 0.29) is 36.1 Å². The van der Waals surface area contributed by atoms with Gasteiger partial charge in [-0.3, -0.25) is 4.79 Å². The molecule has 0 aromatic heterocycles. The molecule has 2 aromatic rings. The summed E-state index contributed by atoms with van der Waals surface area (Å²) in [6, 6.07) is 6.82. The van der Waals surface area contributed by atoms with Crippen LogP contribution in [0.3, 0.4) is 0 Å². The topological polar surface area (TPSA) is 137 Å². The average Bonchev–Trinajstić information content (AvgIpc) is 3.10. The Kier molecular flexibility index (Phi) is 10.6. The SMILES string of the molecule is CC1(C)C[C@@H](C(c2ccc(Cl)cc2)C(NC(=O)O)C(=O)Nc2c(F)ccc(F)c2CC[C@H]2CN[C@@H]3CCCS(=O)(=O)N2C3)CCO1. The summed E-state index contributed by atoms with van der Waals surface area (Å²) in [6.45, 7) is 4.93. The van der Waals surface area contributed by atoms with Gasteiger partial charge in [-0.15, -0.1) is 0 Å². The third kappa shape index (κ3) is 7.99. The smallest absolute Gasteiger partial charge is 0.405 e. The van der Waals surface area contributed by atoms with Crippen molar-refractivity contribution in [2.24, 2.45) is 5.92 Å². The summed E-state index contributed by atoms with van der Waals surface area (Å²) in [4.78, 5) is 26.1. The van der Waals surface area contributed by atoms with Crippen LogP contribution in [0.1, 0.15) is 63.0 Å². The number of carbonyl (C=O) groups excluding carboxylic acids is 1. The second-order valence-electron chi connectivity index (χ2n) is 13.1. The molecule has 0 radical (unpaired) electrons. The van der Waals surface area contributed by atoms with E-state index >= 15 is 8.78 Å². The van der Waals surface area contributed by atoms with Gasteiger partial charge in [-0.2, -0.15) is 4.31 Å². The number of sulfonamides is 1. The summed E-state index contributed by atoms with van der Waals surface area (Å²) in [5, 5.41) is 18.5. The molecule has 5 rings (SSSR count). The molecule has 2 bridgehead atoms. The zero-order chi connectivity index (χ0) is 33.2. The Morgan fingerprint density at radius 2 is 1.87 bits per heavy atom. The van der Waals surface area contributed by atoms with Crippen molar-refractivity contribution in [3.8, 4) is 0 Å². The van der Waals surface area contributed by atoms with Crippen LogP contribution in [0.25, 0.3) is 0 Å². The standard InChI is InChI=1S/C32H41ClF2N4O6S/c1-32(2)16-20(13-14-45-32)27(19-5-7-21(33)8-6-19)29(38-31(41)42)30(40)37-28-24(25(34)11-12-26(28)35)10-9-23-17-36-22-4-3-15-46(43,44)39(23)18-22/h5-8,11-12,20,22-23,27,29,36,38H,3-4,9-10,13-18H2,1-2H3,(H,37,40)(H,41,42)/t20-,22+,23-,27?,29?/m0/s1. The fourth-order valence-corrected chi connectivity index (χ4v) is 9.12. The third-order valence-electron chi connectivity index (χ3n) is 9.36. The van der Waals surface area contributed by atoms with E-state index in [1.807, 2.05) is 13.8 Å². The zero-order valence-electron chi connectivity index (χ0n) is 25.9. The minimum atomic E-state index is -3.50. The van der Waals surface area contributed by atoms with Crippen LogP contribution in [0.2, 0.25) is 5.02 Å². The maximum atomic E-state index is 15.4. The van der Waals surface area contributed by atoms with Crippen LogP contribution < -0.4 is 16.0 Å². The molecule has 252 valence electrons. The first kappa shape index (κ1) is 34.5. The molecule has 14 heteroatoms. The van der Waals surface area contributed by atoms with Crippen molar-refractivity contribution in [2.45, 2.75) is 82.0 Å². The summed E-state index contributed by atoms with van der Waals surface area (Å²) in [5.74, 6) is -3.36. The van der Waals surface area contributed by atoms with E-state index in [9.17, 15) is 23.1 Å². The first-order valence-corrected chi connectivity index (χ1v) is 17.6. The Bertz CT molecular complexity index is 1540. The molecule has 3 unspecified atom stereocenters. The highest BCUT2D eigenvalue weighted by Crippen LogP contribution is 2.41. The second-order valence-corrected chi connectivity index (χ2v) is 15.5. The molecular weight excluding hydrogens is 642 g/mol. The van der Waals surface area contributed by atoms with E-state index < -0.39 is 62.9 Å². The van der Waals surface area contributed by atoms with Gasteiger partial charge in [0.2, 0.25) is 15.9 Å². The molecule has 4 N–H and O–H groups in total. The molecule has 3 heterocycles. The molecular formula is C32H41ClF2N4O6S. The Morgan fingerprint density at radius 3 is 2.57 bits per heavy atom. The van der Waals surface area contributed by atoms with Gasteiger partial charge in [-0.1, -0.05) is 23.7 Å². The Labute approximate surface area is 273 Å². The lowest BCUT2D eigenvalue weighted by Crippen LogP contribution is -2.57. The van der Waals surface area contributed by atoms with Gasteiger partial charge in [0, 0.05) is 48.3 Å². The highest BCUT2D eigenvalue weighted by atomic mass is 35.5. The minimum absolute atomic E-state index is 0.0361. The highest BCUT2D eigenvalue weighted by Gasteiger charge is 2.42. The number of hydrogen-bond acceptors (Lipinski definition) is 6. The quantitative estimate of drug-likeness (QED) is 0.296. The van der Waals surface area contributed by atoms with Crippen LogP contribution in [0.5, 0.6) is 0 Å². The zero-order valence-corrected chi connectivity index (χ0v) is 27.5. The molecule has 3 fully saturated rings. The van der Waals surface area contributed by atoms with E-state index in [4.69, 9.17) is 16.3 Å². The number of rotatable bonds is 9. The molecule has 0 spiro atoms. The summed E-state index contributed by atoms with van der Waals surface area (Å²) in [7, 11) is -3.50. The molecule has 2 amide bonds. The number of ether oxygens (including phenoxy) is 1. The Balaban J connectivity index is 1.44. The summed E-state index contributed by atoms with van der Waals surface area (Å²) < 4.78 is 64.0. The van der Waals surface area contributed by atoms with Gasteiger partial charge in [0.05, 0.1) is 17.0 Å². The number of carbonyl (C=O) groups is 2. The summed E-state index contributed by atoms with van der Waals surface area (Å²) in [6.07, 6.45) is 1.01. The summed E-state index contributed by atoms with van der Waals surface area (Å²) in [5.41, 5.74) is -0.395. The van der Waals surface area contributed by atoms with Gasteiger partial charge in [-0.05, 0) is 88.1 Å². The number of nitrogens with zero attached hydrogens (tertiary/aromatic N) is 1. The Morgan fingerprint density at radius 1 is 1.15 bits per heavy atom. The lowest BCUT2D eigenvalue weighted by molar-refractivity contribution is -0.120. The second kappa shape index (κ2) is 14.1. The third-order valence-corrected chi connectivity index (χ3v) is 11.6. The minimum Gasteiger partial charge on any atom is -0.465 e. The number of anilines is 1. The van der Waals surface area contributed by atoms with Crippen molar-refractivity contribution < 1.29 is 36.6 Å². The number of nitrogens with one attached hydrogen (secondary N) is 3. The van der Waals surface area contributed by atoms with Crippen LogP contribution in [0.4, 0.5) is 19.3 Å². The Hall–Kier alpha value is -2.84. The van der Waals surface area contributed by atoms with Crippen molar-refractivity contribution >= 4 is 39.3 Å². The van der Waals surface area contributed by atoms with E-state index in [1.54, 1.807) is 24.3 Å². The first-order chi connectivity index (χ1) is 21.7. The number of piperazine rings is 1. The molecule has 3 saturated heterocycles. The molecule has 3 aliphatic rings. The number of benzene rings is 2. The lowest BCUT2D eigenvalue weighted by atomic mass is 9.73. The normalized spacial score (nSPS) is 26.7. The molecule has 3 aliphatic heterocycles. The lowest BCUT2D eigenvalue weighted by Gasteiger charge is -2.41. The van der Waals surface area contributed by atoms with E-state index in [1.165, 1.54) is 4.31 Å². The average molecular weight is 683 g/mol. The van der Waals surface area contributed by atoms with Crippen LogP contribution in [-0.2, 0) is 26.0 Å². The number of fused-ring (bicyclic) bond motifs is 2. The highest BCUT2D eigenvalue weighted by molar-refractivity contribution is 7.89. The van der Waals surface area contributed by atoms with Crippen LogP contribution in [-0.4, -0.2) is 79.0 Å². The van der Waals surface area contributed by atoms with Crippen molar-refractivity contribution in [1.29, 1.82) is 0 Å². The predicted molar refractivity (Wildman–Crippen MR) is 171 cm³/mol. The van der Waals surface area contributed by atoms with E-state index in [0.717, 1.165) is 18.6 Å². The van der Waals surface area contributed by atoms with Crippen molar-refractivity contribution in [2.75, 3.05) is 30.8 Å². The van der Waals surface area contributed by atoms with E-state index in [0.29, 0.717) is 49.5 Å². The van der Waals surface area contributed by atoms with Gasteiger partial charge in [0.1, 0.15) is 17.7 Å². The molecule has 46 heavy (non-hydrogen) atoms. The largest absolute Gasteiger partial charge is 0.465 e. The first-order valence-electron chi connectivity index (χ1n) is 15.6. The fraction of sp³-hybridized carbons (Fsp3) is 0.562. The number of halogens is 3. The van der Waals surface area contributed by atoms with Crippen LogP contribution in [0, 0.1) is 17.6 Å². The molecule has 10 nitrogen and oxygen atoms in total. The monoisotopic (exact) mass is 682 g/mol. The molecule has 6 atom stereocenters. The van der Waals surface area contributed by atoms with Gasteiger partial charge in [-0.25, -0.2) is 22.0 Å². The van der Waals surface area contributed by atoms with Crippen molar-refractivity contribution in [3.63, 3.8) is 0 Å². The van der Waals surface area contributed by atoms with Gasteiger partial charge < -0.3 is 25.8 Å². The molecule has 0 aliphatic carbocycles. The van der Waals surface area contributed by atoms with Crippen LogP contribution in [0.15, 0.2) is 36.4 Å². The van der Waals surface area contributed by atoms with Gasteiger partial charge >= 0.3 is 6.09 Å². The van der Waals surface area contributed by atoms with Gasteiger partial charge in [0.15, 0.2) is 0 Å². The van der Waals surface area contributed by atoms with Crippen molar-refractivity contribution in [3.05, 3.63) is 64.2 Å². The number of hydrogen-bond donors (Lipinski definition) is 4. The number of amides is 2. The molecule has 0 saturated carbocycles. The summed E-state index contributed by atoms with van der Waals surface area (Å²) >= 11 is 6.14. The van der Waals surface area contributed by atoms with Crippen LogP contribution >= 0.6 is 11.6 Å². The molecule has 2 aromatic carbocycles. The fourth-order valence-electron chi connectivity index (χ4n) is 7.19.